The van der Waals surface area contributed by atoms with Crippen LogP contribution in [0.4, 0.5) is 0 Å². The summed E-state index contributed by atoms with van der Waals surface area (Å²) in [5.41, 5.74) is 4.24. The molecule has 1 radical (unpaired) electrons. The van der Waals surface area contributed by atoms with Crippen molar-refractivity contribution in [2.24, 2.45) is 40.9 Å². The van der Waals surface area contributed by atoms with Crippen molar-refractivity contribution in [1.29, 1.82) is 0 Å². The Morgan fingerprint density at radius 2 is 1.48 bits per heavy atom. The molecule has 0 bridgehead atoms. The van der Waals surface area contributed by atoms with Gasteiger partial charge in [-0.15, -0.1) is 40.1 Å². The number of hydrogen-bond donors (Lipinski definition) is 1. The molecule has 0 unspecified atom stereocenters. The number of aromatic nitrogens is 2. The number of nitrogens with zero attached hydrogens (tertiary/aromatic N) is 2. The number of aliphatic hydroxyl groups excluding tert-OH is 1. The number of carbonyl (C=O) groups is 1. The number of benzene rings is 3. The number of rotatable bonds is 10. The first-order valence-corrected chi connectivity index (χ1v) is 23.0. The molecule has 52 heavy (non-hydrogen) atoms. The standard InChI is InChI=1S/C28H29N2SSi.C17H32O2.Ir/c1-28(2,3)16-18-11-12-22-23(13-18)31-27-25(29-17-30-26(22)27)20-14-19-9-7-8-10-21(19)24(15-20)32(4,5)6;1-10(2)16(11(3)4)14(18)9-15(19)17(12(5)6)13(7)8;/h7-13,15,17H,16H2,1-6H3;9-13,16-18H,1-8H3;/q-1;;/b;14-9-;/i17D;;. The fourth-order valence-electron chi connectivity index (χ4n) is 7.68. The van der Waals surface area contributed by atoms with E-state index in [2.05, 4.69) is 160 Å². The Labute approximate surface area is 333 Å². The second-order valence-electron chi connectivity index (χ2n) is 17.9. The normalized spacial score (nSPS) is 13.2. The molecule has 0 saturated carbocycles. The van der Waals surface area contributed by atoms with Crippen LogP contribution in [0.25, 0.3) is 42.3 Å². The van der Waals surface area contributed by atoms with Crippen molar-refractivity contribution in [3.8, 4) is 11.3 Å². The summed E-state index contributed by atoms with van der Waals surface area (Å²) in [5, 5.41) is 15.2. The van der Waals surface area contributed by atoms with Gasteiger partial charge >= 0.3 is 0 Å². The van der Waals surface area contributed by atoms with Gasteiger partial charge in [-0.2, -0.15) is 0 Å². The van der Waals surface area contributed by atoms with Crippen molar-refractivity contribution in [3.05, 3.63) is 78.3 Å². The minimum Gasteiger partial charge on any atom is -0.512 e. The molecule has 2 heterocycles. The molecule has 0 aliphatic rings. The van der Waals surface area contributed by atoms with Crippen LogP contribution in [0.5, 0.6) is 0 Å². The molecule has 5 rings (SSSR count). The quantitative estimate of drug-likeness (QED) is 0.0656. The summed E-state index contributed by atoms with van der Waals surface area (Å²) in [4.78, 5) is 21.5. The van der Waals surface area contributed by atoms with Gasteiger partial charge in [-0.1, -0.05) is 137 Å². The molecule has 0 aliphatic carbocycles. The summed E-state index contributed by atoms with van der Waals surface area (Å²) in [5.74, 6) is 1.63. The second kappa shape index (κ2) is 17.6. The maximum atomic E-state index is 12.3. The van der Waals surface area contributed by atoms with Gasteiger partial charge < -0.3 is 5.11 Å². The van der Waals surface area contributed by atoms with Gasteiger partial charge in [0, 0.05) is 58.5 Å². The summed E-state index contributed by atoms with van der Waals surface area (Å²) in [6.45, 7) is 30.5. The molecular weight excluding hydrogens is 853 g/mol. The van der Waals surface area contributed by atoms with Crippen LogP contribution in [-0.4, -0.2) is 28.9 Å². The molecule has 1 N–H and O–H groups in total. The first-order chi connectivity index (χ1) is 24.1. The maximum absolute atomic E-state index is 12.3. The Hall–Kier alpha value is -2.70. The van der Waals surface area contributed by atoms with Crippen molar-refractivity contribution >= 4 is 61.5 Å². The van der Waals surface area contributed by atoms with Crippen LogP contribution in [0, 0.1) is 47.0 Å². The number of carbonyl (C=O) groups excluding carboxylic acids is 1. The fourth-order valence-corrected chi connectivity index (χ4v) is 10.5. The van der Waals surface area contributed by atoms with Crippen LogP contribution in [0.1, 0.15) is 83.1 Å². The van der Waals surface area contributed by atoms with Gasteiger partial charge in [0.2, 0.25) is 0 Å². The third-order valence-corrected chi connectivity index (χ3v) is 12.9. The summed E-state index contributed by atoms with van der Waals surface area (Å²) in [7, 11) is -1.61. The zero-order chi connectivity index (χ0) is 38.9. The van der Waals surface area contributed by atoms with E-state index in [1.54, 1.807) is 11.3 Å². The Balaban J connectivity index is 0.000000327. The van der Waals surface area contributed by atoms with Gasteiger partial charge in [0.15, 0.2) is 5.78 Å². The molecular formula is C45H61IrN2O2SSi-. The van der Waals surface area contributed by atoms with E-state index in [0.29, 0.717) is 23.7 Å². The smallest absolute Gasteiger partial charge is 0.162 e. The molecule has 4 nitrogen and oxygen atoms in total. The topological polar surface area (TPSA) is 63.1 Å². The van der Waals surface area contributed by atoms with Crippen molar-refractivity contribution in [1.82, 2.24) is 9.97 Å². The van der Waals surface area contributed by atoms with Crippen LogP contribution < -0.4 is 5.19 Å². The Morgan fingerprint density at radius 1 is 0.885 bits per heavy atom. The van der Waals surface area contributed by atoms with Gasteiger partial charge in [0.25, 0.3) is 0 Å². The predicted molar refractivity (Wildman–Crippen MR) is 225 cm³/mol. The first kappa shape index (κ1) is 42.0. The van der Waals surface area contributed by atoms with E-state index in [4.69, 9.17) is 1.37 Å². The Bertz CT molecular complexity index is 2050. The van der Waals surface area contributed by atoms with Crippen molar-refractivity contribution < 1.29 is 31.4 Å². The number of allylic oxidation sites excluding steroid dienone is 2. The molecule has 283 valence electrons. The summed E-state index contributed by atoms with van der Waals surface area (Å²) < 4.78 is 10.6. The van der Waals surface area contributed by atoms with Crippen LogP contribution >= 0.6 is 11.3 Å². The monoisotopic (exact) mass is 915 g/mol. The minimum absolute atomic E-state index is 0. The van der Waals surface area contributed by atoms with Gasteiger partial charge in [-0.05, 0) is 47.1 Å². The SMILES string of the molecule is CC(C)C(C(=O)/C=C(\O)C(C(C)C)C(C)C)C(C)C.[2H]c1nc(-c2[c-]c3ccccc3c([Si](C)(C)C)c2)c2sc3cc(CC(C)(C)C)ccc3c2n1.[Ir]. The second-order valence-corrected chi connectivity index (χ2v) is 24.0. The van der Waals surface area contributed by atoms with Crippen molar-refractivity contribution in [2.75, 3.05) is 0 Å². The van der Waals surface area contributed by atoms with Crippen LogP contribution in [-0.2, 0) is 31.3 Å². The molecule has 3 aromatic carbocycles. The number of aliphatic hydroxyl groups is 1. The number of ketones is 1. The van der Waals surface area contributed by atoms with E-state index in [1.807, 2.05) is 0 Å². The van der Waals surface area contributed by atoms with Crippen LogP contribution in [0.3, 0.4) is 0 Å². The number of fused-ring (bicyclic) bond motifs is 4. The van der Waals surface area contributed by atoms with Crippen LogP contribution in [0.15, 0.2) is 66.7 Å². The largest absolute Gasteiger partial charge is 0.512 e. The molecule has 0 atom stereocenters. The average molecular weight is 915 g/mol. The van der Waals surface area contributed by atoms with E-state index < -0.39 is 8.07 Å². The third-order valence-electron chi connectivity index (χ3n) is 9.67. The van der Waals surface area contributed by atoms with Crippen LogP contribution in [0.2, 0.25) is 19.6 Å². The van der Waals surface area contributed by atoms with E-state index in [9.17, 15) is 9.90 Å². The van der Waals surface area contributed by atoms with E-state index in [-0.39, 0.29) is 55.2 Å². The molecule has 0 amide bonds. The fraction of sp³-hybridized carbons (Fsp3) is 0.489. The maximum Gasteiger partial charge on any atom is 0.162 e. The van der Waals surface area contributed by atoms with Gasteiger partial charge in [0.05, 0.1) is 19.3 Å². The summed E-state index contributed by atoms with van der Waals surface area (Å²) in [6.07, 6.45) is 2.57. The first-order valence-electron chi connectivity index (χ1n) is 19.2. The molecule has 2 aromatic heterocycles. The van der Waals surface area contributed by atoms with E-state index in [1.165, 1.54) is 26.9 Å². The summed E-state index contributed by atoms with van der Waals surface area (Å²) >= 11 is 1.73. The number of hydrogen-bond acceptors (Lipinski definition) is 5. The Kier molecular flexibility index (Phi) is 14.2. The van der Waals surface area contributed by atoms with Crippen molar-refractivity contribution in [2.45, 2.75) is 102 Å². The molecule has 0 saturated heterocycles. The Morgan fingerprint density at radius 3 is 2.04 bits per heavy atom. The van der Waals surface area contributed by atoms with Gasteiger partial charge in [-0.3, -0.25) is 9.78 Å². The molecule has 0 aliphatic heterocycles. The van der Waals surface area contributed by atoms with Gasteiger partial charge in [0.1, 0.15) is 7.67 Å². The zero-order valence-electron chi connectivity index (χ0n) is 34.9. The van der Waals surface area contributed by atoms with Crippen molar-refractivity contribution in [3.63, 3.8) is 0 Å². The third kappa shape index (κ3) is 10.5. The molecule has 0 fully saturated rings. The summed E-state index contributed by atoms with van der Waals surface area (Å²) in [6, 6.07) is 21.1. The number of thiophene rings is 1. The predicted octanol–water partition coefficient (Wildman–Crippen LogP) is 12.4. The molecule has 7 heteroatoms. The molecule has 5 aromatic rings. The van der Waals surface area contributed by atoms with Gasteiger partial charge in [-0.25, -0.2) is 4.98 Å². The minimum atomic E-state index is -1.61. The molecule has 0 spiro atoms. The van der Waals surface area contributed by atoms with E-state index >= 15 is 0 Å². The van der Waals surface area contributed by atoms with E-state index in [0.717, 1.165) is 38.7 Å². The zero-order valence-corrected chi connectivity index (χ0v) is 38.1. The average Bonchev–Trinajstić information content (AvgIpc) is 3.35.